The summed E-state index contributed by atoms with van der Waals surface area (Å²) in [7, 11) is 0. The molecule has 2 heterocycles. The standard InChI is InChI=1S/C16H12BrFO2S.C16H10BrFO2S/c2*17-15-12-3-1-2-4-14(12)21-16(15)13(19)9-20-11-7-5-10(18)6-8-11/h1-8,13,19H,9H2;1-8H,9H2. The zero-order valence-electron chi connectivity index (χ0n) is 21.7. The topological polar surface area (TPSA) is 55.8 Å². The van der Waals surface area contributed by atoms with E-state index in [1.165, 1.54) is 59.1 Å². The molecule has 42 heavy (non-hydrogen) atoms. The number of ketones is 1. The summed E-state index contributed by atoms with van der Waals surface area (Å²) in [6.07, 6.45) is -0.734. The molecule has 214 valence electrons. The van der Waals surface area contributed by atoms with Gasteiger partial charge >= 0.3 is 0 Å². The summed E-state index contributed by atoms with van der Waals surface area (Å²) in [4.78, 5) is 13.7. The van der Waals surface area contributed by atoms with Gasteiger partial charge < -0.3 is 14.6 Å². The van der Waals surface area contributed by atoms with E-state index in [0.29, 0.717) is 16.4 Å². The predicted octanol–water partition coefficient (Wildman–Crippen LogP) is 9.98. The van der Waals surface area contributed by atoms with Gasteiger partial charge in [-0.3, -0.25) is 4.79 Å². The molecule has 4 nitrogen and oxygen atoms in total. The summed E-state index contributed by atoms with van der Waals surface area (Å²) in [5.41, 5.74) is 0. The molecule has 0 aliphatic rings. The van der Waals surface area contributed by atoms with Gasteiger partial charge in [-0.05, 0) is 92.5 Å². The molecule has 0 amide bonds. The number of aliphatic hydroxyl groups is 1. The third kappa shape index (κ3) is 7.25. The van der Waals surface area contributed by atoms with E-state index < -0.39 is 6.10 Å². The third-order valence-corrected chi connectivity index (χ3v) is 10.7. The normalized spacial score (nSPS) is 11.6. The third-order valence-electron chi connectivity index (χ3n) is 6.06. The van der Waals surface area contributed by atoms with Gasteiger partial charge in [-0.2, -0.15) is 0 Å². The van der Waals surface area contributed by atoms with Crippen LogP contribution in [0.15, 0.2) is 106 Å². The first-order chi connectivity index (χ1) is 20.3. The van der Waals surface area contributed by atoms with Crippen LogP contribution in [0.4, 0.5) is 8.78 Å². The zero-order chi connectivity index (χ0) is 29.6. The van der Waals surface area contributed by atoms with E-state index in [9.17, 15) is 18.7 Å². The maximum Gasteiger partial charge on any atom is 0.211 e. The van der Waals surface area contributed by atoms with Crippen LogP contribution < -0.4 is 9.47 Å². The minimum atomic E-state index is -0.734. The highest BCUT2D eigenvalue weighted by molar-refractivity contribution is 9.11. The molecule has 6 aromatic rings. The molecule has 0 saturated carbocycles. The predicted molar refractivity (Wildman–Crippen MR) is 172 cm³/mol. The number of aliphatic hydroxyl groups excluding tert-OH is 1. The van der Waals surface area contributed by atoms with Crippen molar-refractivity contribution in [2.45, 2.75) is 6.10 Å². The Hall–Kier alpha value is -3.15. The molecular weight excluding hydrogens is 710 g/mol. The van der Waals surface area contributed by atoms with Crippen molar-refractivity contribution in [2.75, 3.05) is 13.2 Å². The molecule has 4 aromatic carbocycles. The lowest BCUT2D eigenvalue weighted by Crippen LogP contribution is -2.10. The fourth-order valence-electron chi connectivity index (χ4n) is 3.97. The zero-order valence-corrected chi connectivity index (χ0v) is 26.5. The van der Waals surface area contributed by atoms with Crippen LogP contribution in [0.1, 0.15) is 20.7 Å². The number of fused-ring (bicyclic) bond motifs is 2. The Kier molecular flexibility index (Phi) is 10.0. The fraction of sp³-hybridized carbons (Fsp3) is 0.0938. The van der Waals surface area contributed by atoms with Gasteiger partial charge in [-0.25, -0.2) is 8.78 Å². The van der Waals surface area contributed by atoms with E-state index in [1.807, 2.05) is 48.5 Å². The number of ether oxygens (including phenoxy) is 2. The van der Waals surface area contributed by atoms with Crippen LogP contribution in [0.5, 0.6) is 11.5 Å². The monoisotopic (exact) mass is 730 g/mol. The van der Waals surface area contributed by atoms with Crippen molar-refractivity contribution in [3.8, 4) is 11.5 Å². The Morgan fingerprint density at radius 3 is 1.76 bits per heavy atom. The van der Waals surface area contributed by atoms with Crippen molar-refractivity contribution >= 4 is 80.5 Å². The highest BCUT2D eigenvalue weighted by atomic mass is 79.9. The average molecular weight is 732 g/mol. The first-order valence-corrected chi connectivity index (χ1v) is 15.8. The van der Waals surface area contributed by atoms with E-state index in [4.69, 9.17) is 9.47 Å². The van der Waals surface area contributed by atoms with Gasteiger partial charge in [0.15, 0.2) is 6.61 Å². The van der Waals surface area contributed by atoms with E-state index >= 15 is 0 Å². The Morgan fingerprint density at radius 1 is 0.714 bits per heavy atom. The molecule has 1 atom stereocenters. The van der Waals surface area contributed by atoms with Gasteiger partial charge in [0.05, 0.1) is 9.75 Å². The van der Waals surface area contributed by atoms with Crippen LogP contribution in [0.2, 0.25) is 0 Å². The number of rotatable bonds is 8. The van der Waals surface area contributed by atoms with Crippen LogP contribution in [0.3, 0.4) is 0 Å². The van der Waals surface area contributed by atoms with E-state index in [-0.39, 0.29) is 30.6 Å². The first-order valence-electron chi connectivity index (χ1n) is 12.6. The van der Waals surface area contributed by atoms with Crippen molar-refractivity contribution in [2.24, 2.45) is 0 Å². The molecule has 0 spiro atoms. The number of hydrogen-bond donors (Lipinski definition) is 1. The highest BCUT2D eigenvalue weighted by Crippen LogP contribution is 2.39. The molecule has 0 saturated heterocycles. The fourth-order valence-corrected chi connectivity index (χ4v) is 7.98. The lowest BCUT2D eigenvalue weighted by Gasteiger charge is -2.11. The summed E-state index contributed by atoms with van der Waals surface area (Å²) in [6, 6.07) is 27.1. The molecular formula is C32H22Br2F2O4S2. The summed E-state index contributed by atoms with van der Waals surface area (Å²) < 4.78 is 40.4. The molecule has 0 bridgehead atoms. The first kappa shape index (κ1) is 30.3. The van der Waals surface area contributed by atoms with Gasteiger partial charge in [-0.1, -0.05) is 36.4 Å². The van der Waals surface area contributed by atoms with Crippen molar-refractivity contribution in [3.63, 3.8) is 0 Å². The Balaban J connectivity index is 0.000000168. The maximum atomic E-state index is 12.8. The number of carbonyl (C=O) groups is 1. The van der Waals surface area contributed by atoms with Gasteiger partial charge in [0.1, 0.15) is 35.8 Å². The summed E-state index contributed by atoms with van der Waals surface area (Å²) in [5.74, 6) is 0.262. The summed E-state index contributed by atoms with van der Waals surface area (Å²) in [6.45, 7) is 0.0497. The summed E-state index contributed by atoms with van der Waals surface area (Å²) >= 11 is 9.97. The quantitative estimate of drug-likeness (QED) is 0.158. The molecule has 10 heteroatoms. The molecule has 2 aromatic heterocycles. The van der Waals surface area contributed by atoms with E-state index in [0.717, 1.165) is 34.0 Å². The Bertz CT molecular complexity index is 1820. The Labute approximate surface area is 265 Å². The van der Waals surface area contributed by atoms with Gasteiger partial charge in [0, 0.05) is 29.1 Å². The lowest BCUT2D eigenvalue weighted by molar-refractivity contribution is 0.0925. The minimum absolute atomic E-state index is 0.0724. The van der Waals surface area contributed by atoms with Gasteiger partial charge in [-0.15, -0.1) is 22.7 Å². The average Bonchev–Trinajstić information content (AvgIpc) is 3.53. The minimum Gasteiger partial charge on any atom is -0.490 e. The SMILES string of the molecule is O=C(COc1ccc(F)cc1)c1sc2ccccc2c1Br.OC(COc1ccc(F)cc1)c1sc2ccccc2c1Br. The Morgan fingerprint density at radius 2 is 1.21 bits per heavy atom. The molecule has 6 rings (SSSR count). The number of Topliss-reactive ketones (excluding diaryl/α,β-unsaturated/α-hetero) is 1. The number of thiophene rings is 2. The van der Waals surface area contributed by atoms with Crippen LogP contribution in [-0.4, -0.2) is 24.1 Å². The van der Waals surface area contributed by atoms with Crippen molar-refractivity contribution in [1.29, 1.82) is 0 Å². The number of benzene rings is 4. The molecule has 0 aliphatic carbocycles. The summed E-state index contributed by atoms with van der Waals surface area (Å²) in [5, 5.41) is 12.4. The molecule has 1 N–H and O–H groups in total. The number of carbonyl (C=O) groups excluding carboxylic acids is 1. The second-order valence-corrected chi connectivity index (χ2v) is 12.7. The molecule has 0 radical (unpaired) electrons. The smallest absolute Gasteiger partial charge is 0.211 e. The number of hydrogen-bond acceptors (Lipinski definition) is 6. The van der Waals surface area contributed by atoms with Gasteiger partial charge in [0.25, 0.3) is 0 Å². The van der Waals surface area contributed by atoms with Crippen LogP contribution in [-0.2, 0) is 0 Å². The number of halogens is 4. The lowest BCUT2D eigenvalue weighted by atomic mass is 10.2. The maximum absolute atomic E-state index is 12.8. The second-order valence-electron chi connectivity index (χ2n) is 8.96. The van der Waals surface area contributed by atoms with Crippen LogP contribution in [0, 0.1) is 11.6 Å². The molecule has 1 unspecified atom stereocenters. The van der Waals surface area contributed by atoms with Crippen molar-refractivity contribution in [3.05, 3.63) is 127 Å². The second kappa shape index (κ2) is 13.9. The van der Waals surface area contributed by atoms with Crippen molar-refractivity contribution < 1.29 is 28.2 Å². The molecule has 0 aliphatic heterocycles. The van der Waals surface area contributed by atoms with E-state index in [1.54, 1.807) is 12.1 Å². The van der Waals surface area contributed by atoms with Crippen LogP contribution >= 0.6 is 54.5 Å². The largest absolute Gasteiger partial charge is 0.490 e. The van der Waals surface area contributed by atoms with E-state index in [2.05, 4.69) is 31.9 Å². The highest BCUT2D eigenvalue weighted by Gasteiger charge is 2.18. The van der Waals surface area contributed by atoms with Crippen molar-refractivity contribution in [1.82, 2.24) is 0 Å². The van der Waals surface area contributed by atoms with Crippen LogP contribution in [0.25, 0.3) is 20.2 Å². The molecule has 0 fully saturated rings. The van der Waals surface area contributed by atoms with Gasteiger partial charge in [0.2, 0.25) is 5.78 Å².